The molecule has 0 amide bonds. The lowest BCUT2D eigenvalue weighted by Crippen LogP contribution is -2.27. The second-order valence-corrected chi connectivity index (χ2v) is 6.13. The van der Waals surface area contributed by atoms with Crippen LogP contribution in [0.15, 0.2) is 36.7 Å². The maximum absolute atomic E-state index is 5.01. The highest BCUT2D eigenvalue weighted by Crippen LogP contribution is 2.13. The fourth-order valence-electron chi connectivity index (χ4n) is 2.44. The maximum atomic E-state index is 5.01. The molecule has 0 atom stereocenters. The molecule has 2 aromatic rings. The molecule has 0 saturated carbocycles. The summed E-state index contributed by atoms with van der Waals surface area (Å²) in [5, 5.41) is 0. The summed E-state index contributed by atoms with van der Waals surface area (Å²) in [5.41, 5.74) is 3.73. The third-order valence-corrected chi connectivity index (χ3v) is 3.42. The molecule has 0 spiro atoms. The molecule has 0 radical (unpaired) electrons. The highest BCUT2D eigenvalue weighted by Gasteiger charge is 2.10. The predicted molar refractivity (Wildman–Crippen MR) is 88.7 cm³/mol. The number of methoxy groups -OCH3 is 1. The van der Waals surface area contributed by atoms with E-state index in [9.17, 15) is 0 Å². The quantitative estimate of drug-likeness (QED) is 0.785. The molecule has 1 aromatic heterocycles. The summed E-state index contributed by atoms with van der Waals surface area (Å²) >= 11 is 0. The van der Waals surface area contributed by atoms with Gasteiger partial charge < -0.3 is 4.74 Å². The molecule has 0 aliphatic rings. The predicted octanol–water partition coefficient (Wildman–Crippen LogP) is 3.45. The fraction of sp³-hybridized carbons (Fsp3) is 0.444. The van der Waals surface area contributed by atoms with Crippen molar-refractivity contribution in [1.29, 1.82) is 0 Å². The van der Waals surface area contributed by atoms with Crippen molar-refractivity contribution in [3.05, 3.63) is 53.3 Å². The molecule has 1 aromatic carbocycles. The molecular formula is C18H25N3O. The van der Waals surface area contributed by atoms with Crippen molar-refractivity contribution in [2.45, 2.75) is 33.9 Å². The fourth-order valence-corrected chi connectivity index (χ4v) is 2.44. The van der Waals surface area contributed by atoms with Crippen LogP contribution < -0.4 is 4.74 Å². The smallest absolute Gasteiger partial charge is 0.316 e. The zero-order valence-corrected chi connectivity index (χ0v) is 13.9. The minimum absolute atomic E-state index is 0.415. The van der Waals surface area contributed by atoms with Gasteiger partial charge in [-0.15, -0.1) is 0 Å². The second kappa shape index (κ2) is 7.90. The van der Waals surface area contributed by atoms with Gasteiger partial charge in [0, 0.05) is 37.6 Å². The number of aryl methyl sites for hydroxylation is 1. The number of nitrogens with zero attached hydrogens (tertiary/aromatic N) is 3. The van der Waals surface area contributed by atoms with Crippen molar-refractivity contribution in [3.63, 3.8) is 0 Å². The Bertz CT molecular complexity index is 564. The summed E-state index contributed by atoms with van der Waals surface area (Å²) in [6, 6.07) is 9.15. The second-order valence-electron chi connectivity index (χ2n) is 6.13. The van der Waals surface area contributed by atoms with Gasteiger partial charge in [0.15, 0.2) is 0 Å². The number of aromatic nitrogens is 2. The van der Waals surface area contributed by atoms with E-state index in [1.807, 2.05) is 12.4 Å². The van der Waals surface area contributed by atoms with Gasteiger partial charge in [-0.05, 0) is 18.4 Å². The van der Waals surface area contributed by atoms with Crippen LogP contribution in [0.1, 0.15) is 30.5 Å². The van der Waals surface area contributed by atoms with Gasteiger partial charge in [-0.2, -0.15) is 0 Å². The van der Waals surface area contributed by atoms with Gasteiger partial charge in [-0.1, -0.05) is 43.7 Å². The van der Waals surface area contributed by atoms with Crippen molar-refractivity contribution in [3.8, 4) is 6.01 Å². The number of hydrogen-bond donors (Lipinski definition) is 0. The van der Waals surface area contributed by atoms with Crippen LogP contribution in [0.2, 0.25) is 0 Å². The largest absolute Gasteiger partial charge is 0.467 e. The number of ether oxygens (including phenoxy) is 1. The summed E-state index contributed by atoms with van der Waals surface area (Å²) < 4.78 is 5.01. The van der Waals surface area contributed by atoms with E-state index in [0.717, 1.165) is 25.2 Å². The van der Waals surface area contributed by atoms with Gasteiger partial charge in [-0.3, -0.25) is 4.90 Å². The molecule has 2 rings (SSSR count). The Morgan fingerprint density at radius 3 is 2.14 bits per heavy atom. The molecule has 4 nitrogen and oxygen atoms in total. The summed E-state index contributed by atoms with van der Waals surface area (Å²) in [7, 11) is 1.58. The van der Waals surface area contributed by atoms with Crippen molar-refractivity contribution in [2.24, 2.45) is 5.92 Å². The van der Waals surface area contributed by atoms with E-state index in [4.69, 9.17) is 4.74 Å². The lowest BCUT2D eigenvalue weighted by molar-refractivity contribution is 0.227. The first-order chi connectivity index (χ1) is 10.6. The molecule has 118 valence electrons. The third kappa shape index (κ3) is 5.11. The van der Waals surface area contributed by atoms with E-state index in [1.165, 1.54) is 11.1 Å². The van der Waals surface area contributed by atoms with Crippen LogP contribution in [0.5, 0.6) is 6.01 Å². The van der Waals surface area contributed by atoms with Crippen molar-refractivity contribution in [1.82, 2.24) is 14.9 Å². The topological polar surface area (TPSA) is 38.2 Å². The van der Waals surface area contributed by atoms with Crippen LogP contribution in [0.4, 0.5) is 0 Å². The lowest BCUT2D eigenvalue weighted by atomic mass is 10.1. The molecule has 0 unspecified atom stereocenters. The van der Waals surface area contributed by atoms with E-state index in [1.54, 1.807) is 7.11 Å². The van der Waals surface area contributed by atoms with E-state index in [-0.39, 0.29) is 0 Å². The first kappa shape index (κ1) is 16.4. The molecule has 0 bridgehead atoms. The summed E-state index contributed by atoms with van der Waals surface area (Å²) in [5.74, 6) is 0.615. The van der Waals surface area contributed by atoms with Crippen LogP contribution in [0.25, 0.3) is 0 Å². The molecule has 22 heavy (non-hydrogen) atoms. The van der Waals surface area contributed by atoms with Crippen LogP contribution in [0, 0.1) is 12.8 Å². The van der Waals surface area contributed by atoms with Crippen molar-refractivity contribution < 1.29 is 4.74 Å². The Hall–Kier alpha value is -1.94. The first-order valence-electron chi connectivity index (χ1n) is 7.69. The van der Waals surface area contributed by atoms with E-state index in [2.05, 4.69) is 59.9 Å². The van der Waals surface area contributed by atoms with Crippen LogP contribution in [-0.2, 0) is 13.1 Å². The van der Waals surface area contributed by atoms with Crippen molar-refractivity contribution >= 4 is 0 Å². The Morgan fingerprint density at radius 1 is 1.00 bits per heavy atom. The molecule has 0 fully saturated rings. The van der Waals surface area contributed by atoms with Gasteiger partial charge in [0.1, 0.15) is 0 Å². The van der Waals surface area contributed by atoms with Gasteiger partial charge >= 0.3 is 6.01 Å². The molecule has 4 heteroatoms. The molecule has 0 aliphatic carbocycles. The Morgan fingerprint density at radius 2 is 1.59 bits per heavy atom. The minimum Gasteiger partial charge on any atom is -0.467 e. The lowest BCUT2D eigenvalue weighted by Gasteiger charge is -2.24. The van der Waals surface area contributed by atoms with Crippen LogP contribution in [-0.4, -0.2) is 28.5 Å². The summed E-state index contributed by atoms with van der Waals surface area (Å²) in [6.07, 6.45) is 3.68. The van der Waals surface area contributed by atoms with Gasteiger partial charge in [-0.25, -0.2) is 9.97 Å². The monoisotopic (exact) mass is 299 g/mol. The maximum Gasteiger partial charge on any atom is 0.316 e. The Balaban J connectivity index is 2.06. The van der Waals surface area contributed by atoms with Crippen LogP contribution in [0.3, 0.4) is 0 Å². The van der Waals surface area contributed by atoms with Gasteiger partial charge in [0.25, 0.3) is 0 Å². The molecule has 0 aliphatic heterocycles. The third-order valence-electron chi connectivity index (χ3n) is 3.42. The standard InChI is InChI=1S/C18H25N3O/c1-14(2)11-21(12-16-7-5-15(3)6-8-16)13-17-9-19-18(22-4)20-10-17/h5-10,14H,11-13H2,1-4H3. The number of rotatable bonds is 7. The highest BCUT2D eigenvalue weighted by molar-refractivity contribution is 5.21. The van der Waals surface area contributed by atoms with Gasteiger partial charge in [0.05, 0.1) is 7.11 Å². The Kier molecular flexibility index (Phi) is 5.90. The van der Waals surface area contributed by atoms with Crippen molar-refractivity contribution in [2.75, 3.05) is 13.7 Å². The zero-order valence-electron chi connectivity index (χ0n) is 13.9. The average Bonchev–Trinajstić information content (AvgIpc) is 2.50. The highest BCUT2D eigenvalue weighted by atomic mass is 16.5. The minimum atomic E-state index is 0.415. The summed E-state index contributed by atoms with van der Waals surface area (Å²) in [4.78, 5) is 10.8. The molecular weight excluding hydrogens is 274 g/mol. The molecule has 1 heterocycles. The van der Waals surface area contributed by atoms with E-state index < -0.39 is 0 Å². The normalized spacial score (nSPS) is 11.2. The van der Waals surface area contributed by atoms with E-state index >= 15 is 0 Å². The molecule has 0 saturated heterocycles. The molecule has 0 N–H and O–H groups in total. The first-order valence-corrected chi connectivity index (χ1v) is 7.69. The number of hydrogen-bond acceptors (Lipinski definition) is 4. The Labute approximate surface area is 133 Å². The SMILES string of the molecule is COc1ncc(CN(Cc2ccc(C)cc2)CC(C)C)cn1. The number of benzene rings is 1. The zero-order chi connectivity index (χ0) is 15.9. The van der Waals surface area contributed by atoms with E-state index in [0.29, 0.717) is 11.9 Å². The van der Waals surface area contributed by atoms with Gasteiger partial charge in [0.2, 0.25) is 0 Å². The van der Waals surface area contributed by atoms with Crippen LogP contribution >= 0.6 is 0 Å². The summed E-state index contributed by atoms with van der Waals surface area (Å²) in [6.45, 7) is 9.42. The average molecular weight is 299 g/mol.